The molecule has 2 rings (SSSR count). The standard InChI is InChI=1S/C13H9N5O6/c19-12-9(4-10(17(21)22)5-11(12)18(23)24)7-15-16-13(20)8-2-1-3-14-6-8/h1-7,19H,(H,16,20)/b15-7-. The number of aromatic hydroxyl groups is 1. The summed E-state index contributed by atoms with van der Waals surface area (Å²) < 4.78 is 0. The van der Waals surface area contributed by atoms with E-state index >= 15 is 0 Å². The number of hydrazone groups is 1. The highest BCUT2D eigenvalue weighted by Gasteiger charge is 2.23. The van der Waals surface area contributed by atoms with Gasteiger partial charge in [-0.1, -0.05) is 0 Å². The van der Waals surface area contributed by atoms with Crippen LogP contribution in [0.15, 0.2) is 41.8 Å². The fourth-order valence-corrected chi connectivity index (χ4v) is 1.69. The van der Waals surface area contributed by atoms with Crippen LogP contribution in [0.25, 0.3) is 0 Å². The second-order valence-corrected chi connectivity index (χ2v) is 4.36. The molecule has 0 aliphatic carbocycles. The Bertz CT molecular complexity index is 836. The van der Waals surface area contributed by atoms with Crippen molar-refractivity contribution in [3.63, 3.8) is 0 Å². The molecular weight excluding hydrogens is 322 g/mol. The number of nitrogens with zero attached hydrogens (tertiary/aromatic N) is 4. The topological polar surface area (TPSA) is 161 Å². The summed E-state index contributed by atoms with van der Waals surface area (Å²) in [4.78, 5) is 35.3. The average Bonchev–Trinajstić information content (AvgIpc) is 2.56. The first-order valence-electron chi connectivity index (χ1n) is 6.29. The predicted octanol–water partition coefficient (Wildman–Crippen LogP) is 1.37. The molecule has 11 heteroatoms. The van der Waals surface area contributed by atoms with Crippen LogP contribution in [0.2, 0.25) is 0 Å². The van der Waals surface area contributed by atoms with Crippen LogP contribution in [0.5, 0.6) is 5.75 Å². The average molecular weight is 331 g/mol. The van der Waals surface area contributed by atoms with E-state index in [-0.39, 0.29) is 11.1 Å². The first-order chi connectivity index (χ1) is 11.4. The molecule has 0 saturated carbocycles. The van der Waals surface area contributed by atoms with Gasteiger partial charge in [0.2, 0.25) is 5.75 Å². The number of carbonyl (C=O) groups excluding carboxylic acids is 1. The van der Waals surface area contributed by atoms with Crippen molar-refractivity contribution in [1.82, 2.24) is 10.4 Å². The van der Waals surface area contributed by atoms with Crippen molar-refractivity contribution in [1.29, 1.82) is 0 Å². The largest absolute Gasteiger partial charge is 0.502 e. The Kier molecular flexibility index (Phi) is 4.75. The Balaban J connectivity index is 2.27. The molecule has 0 unspecified atom stereocenters. The number of hydrogen-bond acceptors (Lipinski definition) is 8. The number of carbonyl (C=O) groups is 1. The second-order valence-electron chi connectivity index (χ2n) is 4.36. The molecule has 0 aliphatic heterocycles. The maximum Gasteiger partial charge on any atom is 0.318 e. The zero-order valence-corrected chi connectivity index (χ0v) is 11.8. The highest BCUT2D eigenvalue weighted by Crippen LogP contribution is 2.33. The molecule has 1 aromatic heterocycles. The van der Waals surface area contributed by atoms with E-state index in [9.17, 15) is 30.1 Å². The molecule has 0 saturated heterocycles. The smallest absolute Gasteiger partial charge is 0.318 e. The summed E-state index contributed by atoms with van der Waals surface area (Å²) in [6.07, 6.45) is 3.63. The SMILES string of the molecule is O=C(N/N=C\c1cc([N+](=O)[O-])cc([N+](=O)[O-])c1O)c1cccnc1. The Labute approximate surface area is 133 Å². The first-order valence-corrected chi connectivity index (χ1v) is 6.29. The lowest BCUT2D eigenvalue weighted by Crippen LogP contribution is -2.17. The van der Waals surface area contributed by atoms with Crippen LogP contribution >= 0.6 is 0 Å². The molecule has 2 aromatic rings. The molecule has 2 N–H and O–H groups in total. The number of benzene rings is 1. The molecule has 122 valence electrons. The normalized spacial score (nSPS) is 10.5. The zero-order chi connectivity index (χ0) is 17.7. The van der Waals surface area contributed by atoms with Crippen LogP contribution < -0.4 is 5.43 Å². The molecule has 0 radical (unpaired) electrons. The predicted molar refractivity (Wildman–Crippen MR) is 80.7 cm³/mol. The lowest BCUT2D eigenvalue weighted by Gasteiger charge is -2.01. The number of nitro groups is 2. The van der Waals surface area contributed by atoms with E-state index in [1.165, 1.54) is 24.5 Å². The molecular formula is C13H9N5O6. The molecule has 1 heterocycles. The quantitative estimate of drug-likeness (QED) is 0.475. The van der Waals surface area contributed by atoms with Gasteiger partial charge in [-0.3, -0.25) is 30.0 Å². The third kappa shape index (κ3) is 3.65. The van der Waals surface area contributed by atoms with E-state index in [2.05, 4.69) is 15.5 Å². The highest BCUT2D eigenvalue weighted by molar-refractivity contribution is 5.95. The number of hydrogen-bond donors (Lipinski definition) is 2. The van der Waals surface area contributed by atoms with Crippen LogP contribution in [0.4, 0.5) is 11.4 Å². The number of non-ortho nitro benzene ring substituents is 1. The summed E-state index contributed by atoms with van der Waals surface area (Å²) in [5, 5.41) is 34.9. The van der Waals surface area contributed by atoms with Gasteiger partial charge in [0.1, 0.15) is 0 Å². The van der Waals surface area contributed by atoms with Crippen molar-refractivity contribution in [2.75, 3.05) is 0 Å². The van der Waals surface area contributed by atoms with Crippen LogP contribution in [-0.2, 0) is 0 Å². The van der Waals surface area contributed by atoms with E-state index < -0.39 is 32.9 Å². The number of pyridine rings is 1. The number of amides is 1. The monoisotopic (exact) mass is 331 g/mol. The van der Waals surface area contributed by atoms with E-state index in [0.717, 1.165) is 12.3 Å². The molecule has 0 atom stereocenters. The van der Waals surface area contributed by atoms with Crippen molar-refractivity contribution in [3.8, 4) is 5.75 Å². The van der Waals surface area contributed by atoms with Gasteiger partial charge in [0.25, 0.3) is 11.6 Å². The van der Waals surface area contributed by atoms with Crippen molar-refractivity contribution < 1.29 is 19.7 Å². The number of nitrogens with one attached hydrogen (secondary N) is 1. The molecule has 0 aliphatic rings. The van der Waals surface area contributed by atoms with Gasteiger partial charge in [-0.2, -0.15) is 5.10 Å². The van der Waals surface area contributed by atoms with Crippen LogP contribution in [0.3, 0.4) is 0 Å². The maximum absolute atomic E-state index is 11.7. The van der Waals surface area contributed by atoms with Gasteiger partial charge in [0, 0.05) is 18.5 Å². The minimum Gasteiger partial charge on any atom is -0.502 e. The molecule has 0 bridgehead atoms. The fourth-order valence-electron chi connectivity index (χ4n) is 1.69. The minimum atomic E-state index is -0.964. The van der Waals surface area contributed by atoms with E-state index in [4.69, 9.17) is 0 Å². The number of aromatic nitrogens is 1. The van der Waals surface area contributed by atoms with Gasteiger partial charge in [-0.05, 0) is 12.1 Å². The van der Waals surface area contributed by atoms with Crippen molar-refractivity contribution in [2.45, 2.75) is 0 Å². The minimum absolute atomic E-state index is 0.212. The van der Waals surface area contributed by atoms with Gasteiger partial charge in [0.15, 0.2) is 0 Å². The third-order valence-corrected chi connectivity index (χ3v) is 2.81. The Morgan fingerprint density at radius 2 is 2.04 bits per heavy atom. The Morgan fingerprint density at radius 3 is 2.62 bits per heavy atom. The summed E-state index contributed by atoms with van der Waals surface area (Å²) in [5.41, 5.74) is 0.593. The van der Waals surface area contributed by atoms with E-state index in [0.29, 0.717) is 6.07 Å². The van der Waals surface area contributed by atoms with Gasteiger partial charge in [-0.15, -0.1) is 0 Å². The van der Waals surface area contributed by atoms with Gasteiger partial charge >= 0.3 is 5.69 Å². The zero-order valence-electron chi connectivity index (χ0n) is 11.8. The molecule has 1 amide bonds. The van der Waals surface area contributed by atoms with E-state index in [1.807, 2.05) is 0 Å². The summed E-state index contributed by atoms with van der Waals surface area (Å²) in [6.45, 7) is 0. The van der Waals surface area contributed by atoms with Gasteiger partial charge in [-0.25, -0.2) is 5.43 Å². The van der Waals surface area contributed by atoms with Gasteiger partial charge in [0.05, 0.1) is 33.3 Å². The Hall–Kier alpha value is -3.89. The van der Waals surface area contributed by atoms with Gasteiger partial charge < -0.3 is 5.11 Å². The summed E-state index contributed by atoms with van der Waals surface area (Å²) in [6, 6.07) is 4.53. The van der Waals surface area contributed by atoms with E-state index in [1.54, 1.807) is 0 Å². The van der Waals surface area contributed by atoms with Crippen molar-refractivity contribution in [2.24, 2.45) is 5.10 Å². The van der Waals surface area contributed by atoms with Crippen molar-refractivity contribution >= 4 is 23.5 Å². The van der Waals surface area contributed by atoms with Crippen LogP contribution in [0, 0.1) is 20.2 Å². The number of phenols is 1. The Morgan fingerprint density at radius 1 is 1.29 bits per heavy atom. The molecule has 0 fully saturated rings. The molecule has 1 aromatic carbocycles. The molecule has 11 nitrogen and oxygen atoms in total. The highest BCUT2D eigenvalue weighted by atomic mass is 16.6. The number of rotatable bonds is 5. The molecule has 0 spiro atoms. The summed E-state index contributed by atoms with van der Waals surface area (Å²) in [5.74, 6) is -1.41. The third-order valence-electron chi connectivity index (χ3n) is 2.81. The summed E-state index contributed by atoms with van der Waals surface area (Å²) >= 11 is 0. The lowest BCUT2D eigenvalue weighted by atomic mass is 10.1. The fraction of sp³-hybridized carbons (Fsp3) is 0. The summed E-state index contributed by atoms with van der Waals surface area (Å²) in [7, 11) is 0. The van der Waals surface area contributed by atoms with Crippen LogP contribution in [-0.4, -0.2) is 32.1 Å². The lowest BCUT2D eigenvalue weighted by molar-refractivity contribution is -0.394. The maximum atomic E-state index is 11.7. The number of nitro benzene ring substituents is 2. The van der Waals surface area contributed by atoms with Crippen LogP contribution in [0.1, 0.15) is 15.9 Å². The first kappa shape index (κ1) is 16.5. The second kappa shape index (κ2) is 6.91. The molecule has 24 heavy (non-hydrogen) atoms. The van der Waals surface area contributed by atoms with Crippen molar-refractivity contribution in [3.05, 3.63) is 68.0 Å². The number of phenolic OH excluding ortho intramolecular Hbond substituents is 1.